The molecule has 3 N–H and O–H groups in total. The monoisotopic (exact) mass is 790 g/mol. The highest BCUT2D eigenvalue weighted by Crippen LogP contribution is 2.84. The SMILES string of the molecule is CC(=O)O[C@H]1CC(=O)OCC2=C3C[C@H]4[C@](O)(COC(=O)/C(C)=C/COC1=O)[C@H]1C[C@H]1[C@]4(C)[C@@H]1C[C@@]4(O)C5=C(C6=C(C)C(=O)O[C@]6(O)C(=O)[C@@]5(C)[C@@H]5C[C@@H]54)[C@]31OC2=O. The number of rotatable bonds is 1. The summed E-state index contributed by atoms with van der Waals surface area (Å²) < 4.78 is 33.8. The van der Waals surface area contributed by atoms with E-state index in [0.717, 1.165) is 6.92 Å². The second kappa shape index (κ2) is 10.9. The van der Waals surface area contributed by atoms with Gasteiger partial charge in [-0.15, -0.1) is 0 Å². The summed E-state index contributed by atoms with van der Waals surface area (Å²) in [6, 6.07) is 0. The summed E-state index contributed by atoms with van der Waals surface area (Å²) in [6.45, 7) is 5.93. The van der Waals surface area contributed by atoms with Gasteiger partial charge in [-0.1, -0.05) is 6.92 Å². The smallest absolute Gasteiger partial charge is 0.348 e. The van der Waals surface area contributed by atoms with Gasteiger partial charge in [-0.3, -0.25) is 14.4 Å². The van der Waals surface area contributed by atoms with Crippen LogP contribution < -0.4 is 0 Å². The van der Waals surface area contributed by atoms with E-state index in [1.807, 2.05) is 6.92 Å². The number of ether oxygens (including phenoxy) is 6. The Labute approximate surface area is 325 Å². The van der Waals surface area contributed by atoms with Crippen molar-refractivity contribution >= 4 is 41.6 Å². The first-order valence-electron chi connectivity index (χ1n) is 19.4. The van der Waals surface area contributed by atoms with E-state index in [0.29, 0.717) is 12.8 Å². The maximum Gasteiger partial charge on any atom is 0.348 e. The summed E-state index contributed by atoms with van der Waals surface area (Å²) in [5.41, 5.74) is -7.21. The van der Waals surface area contributed by atoms with E-state index in [2.05, 4.69) is 0 Å². The first-order valence-corrected chi connectivity index (χ1v) is 19.4. The quantitative estimate of drug-likeness (QED) is 0.245. The maximum absolute atomic E-state index is 14.6. The molecule has 302 valence electrons. The van der Waals surface area contributed by atoms with Crippen molar-refractivity contribution in [1.82, 2.24) is 0 Å². The third-order valence-electron chi connectivity index (χ3n) is 15.7. The molecule has 1 spiro atoms. The van der Waals surface area contributed by atoms with E-state index in [-0.39, 0.29) is 63.7 Å². The fraction of sp³-hybridized carbons (Fsp3) is 0.634. The number of carbonyl (C=O) groups is 7. The highest BCUT2D eigenvalue weighted by molar-refractivity contribution is 6.10. The lowest BCUT2D eigenvalue weighted by molar-refractivity contribution is -0.202. The maximum atomic E-state index is 14.6. The Morgan fingerprint density at radius 1 is 0.825 bits per heavy atom. The Morgan fingerprint density at radius 2 is 1.54 bits per heavy atom. The molecule has 2 bridgehead atoms. The molecule has 0 aromatic heterocycles. The van der Waals surface area contributed by atoms with Crippen LogP contribution in [-0.2, 0) is 62.0 Å². The van der Waals surface area contributed by atoms with Gasteiger partial charge >= 0.3 is 35.8 Å². The fourth-order valence-electron chi connectivity index (χ4n) is 13.2. The zero-order valence-electron chi connectivity index (χ0n) is 31.9. The third-order valence-corrected chi connectivity index (χ3v) is 15.7. The van der Waals surface area contributed by atoms with E-state index in [4.69, 9.17) is 28.4 Å². The van der Waals surface area contributed by atoms with Crippen molar-refractivity contribution in [2.45, 2.75) is 95.4 Å². The second-order valence-electron chi connectivity index (χ2n) is 18.1. The molecule has 0 aromatic carbocycles. The molecule has 10 aliphatic rings. The van der Waals surface area contributed by atoms with Crippen LogP contribution in [0.2, 0.25) is 0 Å². The number of esters is 6. The van der Waals surface area contributed by atoms with Gasteiger partial charge in [-0.2, -0.15) is 0 Å². The summed E-state index contributed by atoms with van der Waals surface area (Å²) >= 11 is 0. The van der Waals surface area contributed by atoms with E-state index < -0.39 is 131 Å². The van der Waals surface area contributed by atoms with Gasteiger partial charge in [0.2, 0.25) is 11.9 Å². The fourth-order valence-corrected chi connectivity index (χ4v) is 13.2. The molecule has 3 heterocycles. The van der Waals surface area contributed by atoms with Crippen LogP contribution in [0.4, 0.5) is 0 Å². The molecule has 0 saturated heterocycles. The summed E-state index contributed by atoms with van der Waals surface area (Å²) in [5.74, 6) is -12.1. The van der Waals surface area contributed by atoms with Crippen molar-refractivity contribution in [2.75, 3.05) is 19.8 Å². The van der Waals surface area contributed by atoms with Crippen LogP contribution in [0.25, 0.3) is 0 Å². The minimum Gasteiger partial charge on any atom is -0.460 e. The number of aliphatic hydroxyl groups is 3. The molecule has 10 rings (SSSR count). The number of hydrogen-bond acceptors (Lipinski definition) is 16. The number of hydrogen-bond donors (Lipinski definition) is 3. The van der Waals surface area contributed by atoms with Gasteiger partial charge in [0.05, 0.1) is 23.0 Å². The number of fused-ring (bicyclic) bond motifs is 9. The van der Waals surface area contributed by atoms with E-state index in [1.54, 1.807) is 6.92 Å². The van der Waals surface area contributed by atoms with Crippen LogP contribution in [0.1, 0.15) is 66.7 Å². The molecule has 0 amide bonds. The van der Waals surface area contributed by atoms with Crippen LogP contribution in [0, 0.1) is 46.3 Å². The molecule has 57 heavy (non-hydrogen) atoms. The zero-order valence-corrected chi connectivity index (χ0v) is 31.9. The lowest BCUT2D eigenvalue weighted by Gasteiger charge is -2.63. The van der Waals surface area contributed by atoms with Gasteiger partial charge in [0.25, 0.3) is 5.79 Å². The standard InChI is InChI=1S/C41H42O16/c1-15-6-7-52-34(47)24(55-17(3)42)11-27(43)53-13-18-19-10-25-36(4,20-8-23(20)39(25,50)14-54-31(15)44)26-12-38(49)22-9-21(22)37(5)30(38)29(40(19,26)56-33(18)46)28-16(2)32(45)57-41(28,51)35(37)48/h6,20-26,49-51H,7-14H2,1-5H3/b15-6+/t20-,21-,22+,23+,24+,25-,26+,36+,37+,38+,39+,40+,41+/m1/s1. The van der Waals surface area contributed by atoms with Gasteiger partial charge in [0.15, 0.2) is 5.60 Å². The third kappa shape index (κ3) is 4.16. The number of Topliss-reactive ketones (excluding diaryl/α,β-unsaturated/α-hetero) is 1. The summed E-state index contributed by atoms with van der Waals surface area (Å²) in [4.78, 5) is 94.0. The van der Waals surface area contributed by atoms with Crippen molar-refractivity contribution < 1.29 is 77.3 Å². The lowest BCUT2D eigenvalue weighted by atomic mass is 9.42. The highest BCUT2D eigenvalue weighted by Gasteiger charge is 2.88. The molecular formula is C41H42O16. The molecule has 16 nitrogen and oxygen atoms in total. The van der Waals surface area contributed by atoms with Crippen LogP contribution in [0.3, 0.4) is 0 Å². The Hall–Kier alpha value is -4.67. The molecule has 13 atom stereocenters. The largest absolute Gasteiger partial charge is 0.460 e. The van der Waals surface area contributed by atoms with Crippen molar-refractivity contribution in [1.29, 1.82) is 0 Å². The number of carbonyl (C=O) groups excluding carboxylic acids is 7. The average molecular weight is 791 g/mol. The first kappa shape index (κ1) is 36.7. The molecular weight excluding hydrogens is 748 g/mol. The predicted octanol–water partition coefficient (Wildman–Crippen LogP) is 0.745. The molecule has 7 aliphatic carbocycles. The Balaban J connectivity index is 1.19. The molecule has 0 radical (unpaired) electrons. The number of cyclic esters (lactones) is 3. The molecule has 5 saturated carbocycles. The average Bonchev–Trinajstić information content (AvgIpc) is 4.05. The summed E-state index contributed by atoms with van der Waals surface area (Å²) in [5, 5.41) is 38.2. The van der Waals surface area contributed by atoms with Crippen LogP contribution >= 0.6 is 0 Å². The van der Waals surface area contributed by atoms with E-state index in [9.17, 15) is 48.9 Å². The van der Waals surface area contributed by atoms with Crippen LogP contribution in [-0.4, -0.2) is 105 Å². The van der Waals surface area contributed by atoms with Crippen molar-refractivity contribution in [3.63, 3.8) is 0 Å². The molecule has 5 fully saturated rings. The van der Waals surface area contributed by atoms with Crippen molar-refractivity contribution in [3.8, 4) is 0 Å². The van der Waals surface area contributed by atoms with Crippen molar-refractivity contribution in [2.24, 2.45) is 46.3 Å². The summed E-state index contributed by atoms with van der Waals surface area (Å²) in [6.07, 6.45) is -0.309. The number of ketones is 1. The second-order valence-corrected chi connectivity index (χ2v) is 18.1. The summed E-state index contributed by atoms with van der Waals surface area (Å²) in [7, 11) is 0. The van der Waals surface area contributed by atoms with Gasteiger partial charge in [-0.05, 0) is 92.8 Å². The van der Waals surface area contributed by atoms with E-state index in [1.165, 1.54) is 19.9 Å². The minimum absolute atomic E-state index is 0.000607. The van der Waals surface area contributed by atoms with Gasteiger partial charge in [0, 0.05) is 41.1 Å². The first-order chi connectivity index (χ1) is 26.7. The minimum atomic E-state index is -2.75. The highest BCUT2D eigenvalue weighted by atomic mass is 16.7. The topological polar surface area (TPSA) is 236 Å². The lowest BCUT2D eigenvalue weighted by Crippen LogP contribution is -2.68. The predicted molar refractivity (Wildman–Crippen MR) is 184 cm³/mol. The van der Waals surface area contributed by atoms with Gasteiger partial charge < -0.3 is 43.7 Å². The van der Waals surface area contributed by atoms with Crippen LogP contribution in [0.5, 0.6) is 0 Å². The van der Waals surface area contributed by atoms with Crippen LogP contribution in [0.15, 0.2) is 45.1 Å². The molecule has 0 aromatic rings. The van der Waals surface area contributed by atoms with Gasteiger partial charge in [0.1, 0.15) is 25.4 Å². The zero-order chi connectivity index (χ0) is 40.7. The normalized spacial score (nSPS) is 48.8. The Kier molecular flexibility index (Phi) is 7.00. The van der Waals surface area contributed by atoms with Gasteiger partial charge in [-0.25, -0.2) is 19.2 Å². The Bertz CT molecular complexity index is 2230. The Morgan fingerprint density at radius 3 is 2.26 bits per heavy atom. The molecule has 0 unspecified atom stereocenters. The molecule has 16 heteroatoms. The van der Waals surface area contributed by atoms with E-state index >= 15 is 0 Å². The van der Waals surface area contributed by atoms with Crippen molar-refractivity contribution in [3.05, 3.63) is 45.1 Å². The molecule has 3 aliphatic heterocycles.